The fourth-order valence-electron chi connectivity index (χ4n) is 2.70. The molecule has 0 aliphatic heterocycles. The van der Waals surface area contributed by atoms with E-state index in [1.165, 1.54) is 9.58 Å². The summed E-state index contributed by atoms with van der Waals surface area (Å²) in [6.45, 7) is 7.96. The molecule has 1 amide bonds. The molecule has 2 aromatic rings. The maximum absolute atomic E-state index is 12.2. The number of rotatable bonds is 7. The minimum atomic E-state index is -0.144. The molecule has 0 bridgehead atoms. The van der Waals surface area contributed by atoms with Crippen molar-refractivity contribution >= 4 is 16.7 Å². The number of hydrogen-bond donors (Lipinski definition) is 2. The van der Waals surface area contributed by atoms with Gasteiger partial charge in [-0.05, 0) is 19.9 Å². The van der Waals surface area contributed by atoms with Gasteiger partial charge in [-0.15, -0.1) is 0 Å². The lowest BCUT2D eigenvalue weighted by molar-refractivity contribution is -0.895. The topological polar surface area (TPSA) is 68.4 Å². The molecule has 0 spiro atoms. The average molecular weight is 317 g/mol. The summed E-state index contributed by atoms with van der Waals surface area (Å²) >= 11 is 0. The standard InChI is InChI=1S/C17H24N4O2/c1-4-21(5-2)11-10-18-16(22)12-15-13-8-6-7-9-14(13)17(23)20(3)19-15/h6-9H,4-5,10-12H2,1-3H3,(H,18,22)/p+1. The Morgan fingerprint density at radius 2 is 1.87 bits per heavy atom. The monoisotopic (exact) mass is 317 g/mol. The lowest BCUT2D eigenvalue weighted by Crippen LogP contribution is -3.12. The SMILES string of the molecule is CC[NH+](CC)CCNC(=O)Cc1nn(C)c(=O)c2ccccc12. The van der Waals surface area contributed by atoms with Crippen LogP contribution >= 0.6 is 0 Å². The maximum atomic E-state index is 12.2. The number of carbonyl (C=O) groups excluding carboxylic acids is 1. The maximum Gasteiger partial charge on any atom is 0.274 e. The molecule has 0 unspecified atom stereocenters. The largest absolute Gasteiger partial charge is 0.350 e. The van der Waals surface area contributed by atoms with Crippen LogP contribution in [-0.4, -0.2) is 41.9 Å². The fraction of sp³-hybridized carbons (Fsp3) is 0.471. The van der Waals surface area contributed by atoms with Gasteiger partial charge >= 0.3 is 0 Å². The lowest BCUT2D eigenvalue weighted by Gasteiger charge is -2.15. The zero-order chi connectivity index (χ0) is 16.8. The van der Waals surface area contributed by atoms with Gasteiger partial charge in [-0.3, -0.25) is 9.59 Å². The van der Waals surface area contributed by atoms with Crippen LogP contribution in [0, 0.1) is 0 Å². The number of quaternary nitrogens is 1. The molecule has 2 N–H and O–H groups in total. The van der Waals surface area contributed by atoms with Crippen molar-refractivity contribution in [1.82, 2.24) is 15.1 Å². The predicted octanol–water partition coefficient (Wildman–Crippen LogP) is -0.483. The van der Waals surface area contributed by atoms with E-state index in [1.807, 2.05) is 18.2 Å². The number of fused-ring (bicyclic) bond motifs is 1. The summed E-state index contributed by atoms with van der Waals surface area (Å²) in [5, 5.41) is 8.54. The molecular weight excluding hydrogens is 292 g/mol. The van der Waals surface area contributed by atoms with Gasteiger partial charge in [0.15, 0.2) is 0 Å². The van der Waals surface area contributed by atoms with Crippen molar-refractivity contribution in [3.63, 3.8) is 0 Å². The number of aryl methyl sites for hydroxylation is 1. The summed E-state index contributed by atoms with van der Waals surface area (Å²) in [7, 11) is 1.61. The fourth-order valence-corrected chi connectivity index (χ4v) is 2.70. The first-order chi connectivity index (χ1) is 11.1. The number of nitrogens with zero attached hydrogens (tertiary/aromatic N) is 2. The van der Waals surface area contributed by atoms with Crippen LogP contribution in [0.5, 0.6) is 0 Å². The highest BCUT2D eigenvalue weighted by atomic mass is 16.1. The van der Waals surface area contributed by atoms with E-state index in [0.29, 0.717) is 17.6 Å². The third-order valence-electron chi connectivity index (χ3n) is 4.16. The van der Waals surface area contributed by atoms with E-state index in [1.54, 1.807) is 13.1 Å². The molecule has 23 heavy (non-hydrogen) atoms. The number of aromatic nitrogens is 2. The molecule has 0 aliphatic rings. The van der Waals surface area contributed by atoms with E-state index in [-0.39, 0.29) is 17.9 Å². The van der Waals surface area contributed by atoms with Gasteiger partial charge in [0.05, 0.1) is 43.7 Å². The molecule has 0 atom stereocenters. The summed E-state index contributed by atoms with van der Waals surface area (Å²) in [4.78, 5) is 25.7. The molecule has 1 heterocycles. The second-order valence-corrected chi connectivity index (χ2v) is 5.65. The molecule has 6 heteroatoms. The second-order valence-electron chi connectivity index (χ2n) is 5.65. The van der Waals surface area contributed by atoms with Crippen molar-refractivity contribution in [2.75, 3.05) is 26.2 Å². The third kappa shape index (κ3) is 4.16. The Bertz CT molecular complexity index is 735. The van der Waals surface area contributed by atoms with Gasteiger partial charge in [0.25, 0.3) is 5.56 Å². The van der Waals surface area contributed by atoms with Gasteiger partial charge in [0, 0.05) is 12.4 Å². The van der Waals surface area contributed by atoms with Crippen LogP contribution in [0.15, 0.2) is 29.1 Å². The molecule has 6 nitrogen and oxygen atoms in total. The van der Waals surface area contributed by atoms with Gasteiger partial charge in [-0.1, -0.05) is 18.2 Å². The Labute approximate surface area is 136 Å². The summed E-state index contributed by atoms with van der Waals surface area (Å²) < 4.78 is 1.30. The molecule has 0 saturated heterocycles. The molecule has 1 aromatic carbocycles. The minimum absolute atomic E-state index is 0.0622. The van der Waals surface area contributed by atoms with Gasteiger partial charge < -0.3 is 10.2 Å². The number of hydrogen-bond acceptors (Lipinski definition) is 3. The highest BCUT2D eigenvalue weighted by Crippen LogP contribution is 2.13. The van der Waals surface area contributed by atoms with Crippen LogP contribution in [0.3, 0.4) is 0 Å². The van der Waals surface area contributed by atoms with Crippen LogP contribution in [0.1, 0.15) is 19.5 Å². The number of likely N-dealkylation sites (N-methyl/N-ethyl adjacent to an activating group) is 1. The molecule has 0 fully saturated rings. The molecule has 0 radical (unpaired) electrons. The normalized spacial score (nSPS) is 11.1. The molecule has 0 aliphatic carbocycles. The van der Waals surface area contributed by atoms with Crippen molar-refractivity contribution in [2.45, 2.75) is 20.3 Å². The van der Waals surface area contributed by atoms with Gasteiger partial charge in [-0.2, -0.15) is 5.10 Å². The summed E-state index contributed by atoms with van der Waals surface area (Å²) in [6.07, 6.45) is 0.183. The Morgan fingerprint density at radius 1 is 1.22 bits per heavy atom. The number of amides is 1. The molecular formula is C17H25N4O2+. The average Bonchev–Trinajstić information content (AvgIpc) is 2.56. The van der Waals surface area contributed by atoms with Crippen LogP contribution in [-0.2, 0) is 18.3 Å². The van der Waals surface area contributed by atoms with Crippen LogP contribution in [0.25, 0.3) is 10.8 Å². The zero-order valence-corrected chi connectivity index (χ0v) is 14.1. The third-order valence-corrected chi connectivity index (χ3v) is 4.16. The Balaban J connectivity index is 2.08. The highest BCUT2D eigenvalue weighted by Gasteiger charge is 2.12. The quantitative estimate of drug-likeness (QED) is 0.725. The first-order valence-electron chi connectivity index (χ1n) is 8.12. The summed E-state index contributed by atoms with van der Waals surface area (Å²) in [5.74, 6) is -0.0622. The summed E-state index contributed by atoms with van der Waals surface area (Å²) in [6, 6.07) is 7.28. The van der Waals surface area contributed by atoms with E-state index < -0.39 is 0 Å². The van der Waals surface area contributed by atoms with E-state index in [0.717, 1.165) is 25.0 Å². The molecule has 124 valence electrons. The zero-order valence-electron chi connectivity index (χ0n) is 14.1. The smallest absolute Gasteiger partial charge is 0.274 e. The van der Waals surface area contributed by atoms with Crippen molar-refractivity contribution in [2.24, 2.45) is 7.05 Å². The Kier molecular flexibility index (Phi) is 5.87. The van der Waals surface area contributed by atoms with E-state index in [9.17, 15) is 9.59 Å². The predicted molar refractivity (Wildman–Crippen MR) is 90.6 cm³/mol. The van der Waals surface area contributed by atoms with E-state index in [4.69, 9.17) is 0 Å². The van der Waals surface area contributed by atoms with Crippen molar-refractivity contribution < 1.29 is 9.69 Å². The summed E-state index contributed by atoms with van der Waals surface area (Å²) in [5.41, 5.74) is 0.491. The number of carbonyl (C=O) groups is 1. The second kappa shape index (κ2) is 7.87. The van der Waals surface area contributed by atoms with Crippen LogP contribution in [0.4, 0.5) is 0 Å². The number of benzene rings is 1. The molecule has 2 rings (SSSR count). The van der Waals surface area contributed by atoms with Gasteiger partial charge in [0.1, 0.15) is 0 Å². The minimum Gasteiger partial charge on any atom is -0.350 e. The molecule has 1 aromatic heterocycles. The molecule has 0 saturated carbocycles. The van der Waals surface area contributed by atoms with Crippen molar-refractivity contribution in [3.05, 3.63) is 40.3 Å². The van der Waals surface area contributed by atoms with Crippen LogP contribution < -0.4 is 15.8 Å². The lowest BCUT2D eigenvalue weighted by atomic mass is 10.1. The number of nitrogens with one attached hydrogen (secondary N) is 2. The van der Waals surface area contributed by atoms with Gasteiger partial charge in [0.2, 0.25) is 5.91 Å². The highest BCUT2D eigenvalue weighted by molar-refractivity contribution is 5.88. The van der Waals surface area contributed by atoms with Crippen molar-refractivity contribution in [1.29, 1.82) is 0 Å². The Hall–Kier alpha value is -2.21. The Morgan fingerprint density at radius 3 is 2.52 bits per heavy atom. The van der Waals surface area contributed by atoms with Crippen LogP contribution in [0.2, 0.25) is 0 Å². The van der Waals surface area contributed by atoms with E-state index in [2.05, 4.69) is 24.3 Å². The van der Waals surface area contributed by atoms with Gasteiger partial charge in [-0.25, -0.2) is 4.68 Å². The first-order valence-corrected chi connectivity index (χ1v) is 8.12. The van der Waals surface area contributed by atoms with Crippen molar-refractivity contribution in [3.8, 4) is 0 Å². The first kappa shape index (κ1) is 17.1. The van der Waals surface area contributed by atoms with E-state index >= 15 is 0 Å².